The van der Waals surface area contributed by atoms with Gasteiger partial charge in [0.25, 0.3) is 5.91 Å². The number of nitrogens with one attached hydrogen (secondary N) is 1. The van der Waals surface area contributed by atoms with Gasteiger partial charge in [-0.2, -0.15) is 0 Å². The second kappa shape index (κ2) is 7.39. The van der Waals surface area contributed by atoms with Crippen molar-refractivity contribution in [1.82, 2.24) is 19.9 Å². The lowest BCUT2D eigenvalue weighted by Crippen LogP contribution is -2.35. The molecule has 1 aliphatic heterocycles. The Labute approximate surface area is 159 Å². The van der Waals surface area contributed by atoms with Crippen molar-refractivity contribution < 1.29 is 4.79 Å². The van der Waals surface area contributed by atoms with Crippen molar-refractivity contribution in [3.8, 4) is 0 Å². The van der Waals surface area contributed by atoms with E-state index in [1.807, 2.05) is 37.3 Å². The first-order chi connectivity index (χ1) is 13.2. The number of amides is 1. The molecule has 0 unspecified atom stereocenters. The lowest BCUT2D eigenvalue weighted by Gasteiger charge is -2.32. The number of para-hydroxylation sites is 2. The van der Waals surface area contributed by atoms with Crippen molar-refractivity contribution in [2.24, 2.45) is 0 Å². The first-order valence-electron chi connectivity index (χ1n) is 9.57. The van der Waals surface area contributed by atoms with E-state index < -0.39 is 0 Å². The van der Waals surface area contributed by atoms with Crippen LogP contribution in [0.5, 0.6) is 0 Å². The van der Waals surface area contributed by atoms with E-state index in [-0.39, 0.29) is 5.91 Å². The first-order valence-corrected chi connectivity index (χ1v) is 9.57. The normalized spacial score (nSPS) is 17.3. The fourth-order valence-electron chi connectivity index (χ4n) is 3.64. The number of piperidine rings is 1. The zero-order chi connectivity index (χ0) is 18.8. The maximum atomic E-state index is 12.2. The summed E-state index contributed by atoms with van der Waals surface area (Å²) in [5.41, 5.74) is 2.74. The van der Waals surface area contributed by atoms with Gasteiger partial charge in [0, 0.05) is 38.8 Å². The molecule has 4 rings (SSSR count). The van der Waals surface area contributed by atoms with Crippen LogP contribution in [0.4, 0.5) is 5.82 Å². The van der Waals surface area contributed by atoms with E-state index in [0.29, 0.717) is 18.0 Å². The zero-order valence-corrected chi connectivity index (χ0v) is 15.9. The van der Waals surface area contributed by atoms with Crippen molar-refractivity contribution in [2.75, 3.05) is 31.6 Å². The molecule has 1 saturated heterocycles. The quantitative estimate of drug-likeness (QED) is 0.771. The summed E-state index contributed by atoms with van der Waals surface area (Å²) in [5.74, 6) is 2.35. The average molecular weight is 363 g/mol. The number of hydrogen-bond acceptors (Lipinski definition) is 4. The van der Waals surface area contributed by atoms with Crippen LogP contribution in [0.3, 0.4) is 0 Å². The lowest BCUT2D eigenvalue weighted by atomic mass is 9.97. The molecule has 27 heavy (non-hydrogen) atoms. The summed E-state index contributed by atoms with van der Waals surface area (Å²) in [4.78, 5) is 29.0. The minimum absolute atomic E-state index is 0.00958. The third-order valence-corrected chi connectivity index (χ3v) is 5.36. The Kier molecular flexibility index (Phi) is 4.79. The number of H-pyrrole nitrogens is 1. The molecule has 2 aromatic heterocycles. The Hall–Kier alpha value is -2.89. The molecule has 0 saturated carbocycles. The number of carbonyl (C=O) groups is 1. The van der Waals surface area contributed by atoms with Gasteiger partial charge in [-0.15, -0.1) is 0 Å². The molecule has 0 spiro atoms. The SMILES string of the molecule is CCN(C)C(=O)c1ccc(N2CCC[C@@H](c3nc4ccccc4[nH]3)C2)nc1. The van der Waals surface area contributed by atoms with Crippen molar-refractivity contribution in [2.45, 2.75) is 25.7 Å². The molecule has 3 heterocycles. The van der Waals surface area contributed by atoms with Gasteiger partial charge in [-0.25, -0.2) is 9.97 Å². The first kappa shape index (κ1) is 17.5. The lowest BCUT2D eigenvalue weighted by molar-refractivity contribution is 0.0802. The molecule has 3 aromatic rings. The Morgan fingerprint density at radius 3 is 2.89 bits per heavy atom. The number of nitrogens with zero attached hydrogens (tertiary/aromatic N) is 4. The summed E-state index contributed by atoms with van der Waals surface area (Å²) in [6.45, 7) is 4.51. The summed E-state index contributed by atoms with van der Waals surface area (Å²) in [5, 5.41) is 0. The van der Waals surface area contributed by atoms with Crippen LogP contribution in [0, 0.1) is 0 Å². The molecule has 1 atom stereocenters. The van der Waals surface area contributed by atoms with Crippen molar-refractivity contribution >= 4 is 22.8 Å². The van der Waals surface area contributed by atoms with Gasteiger partial charge < -0.3 is 14.8 Å². The summed E-state index contributed by atoms with van der Waals surface area (Å²) < 4.78 is 0. The second-order valence-corrected chi connectivity index (χ2v) is 7.15. The van der Waals surface area contributed by atoms with Gasteiger partial charge >= 0.3 is 0 Å². The molecule has 6 nitrogen and oxygen atoms in total. The Bertz CT molecular complexity index is 900. The molecule has 0 aliphatic carbocycles. The maximum absolute atomic E-state index is 12.2. The number of benzene rings is 1. The molecule has 1 N–H and O–H groups in total. The molecular formula is C21H25N5O. The molecule has 6 heteroatoms. The second-order valence-electron chi connectivity index (χ2n) is 7.15. The van der Waals surface area contributed by atoms with Gasteiger partial charge in [0.1, 0.15) is 11.6 Å². The molecular weight excluding hydrogens is 338 g/mol. The van der Waals surface area contributed by atoms with Crippen molar-refractivity contribution in [3.05, 3.63) is 54.0 Å². The Morgan fingerprint density at radius 1 is 1.30 bits per heavy atom. The molecule has 0 radical (unpaired) electrons. The number of rotatable bonds is 4. The number of imidazole rings is 1. The highest BCUT2D eigenvalue weighted by Crippen LogP contribution is 2.29. The molecule has 1 aromatic carbocycles. The van der Waals surface area contributed by atoms with Crippen LogP contribution < -0.4 is 4.90 Å². The number of anilines is 1. The number of aromatic nitrogens is 3. The predicted octanol–water partition coefficient (Wildman–Crippen LogP) is 3.43. The van der Waals surface area contributed by atoms with Crippen LogP contribution in [-0.2, 0) is 0 Å². The van der Waals surface area contributed by atoms with Gasteiger partial charge in [-0.05, 0) is 44.0 Å². The third-order valence-electron chi connectivity index (χ3n) is 5.36. The highest BCUT2D eigenvalue weighted by molar-refractivity contribution is 5.93. The fraction of sp³-hybridized carbons (Fsp3) is 0.381. The summed E-state index contributed by atoms with van der Waals surface area (Å²) in [6, 6.07) is 12.0. The van der Waals surface area contributed by atoms with Gasteiger partial charge in [-0.1, -0.05) is 12.1 Å². The standard InChI is InChI=1S/C21H25N5O/c1-3-25(2)21(27)15-10-11-19(22-13-15)26-12-6-7-16(14-26)20-23-17-8-4-5-9-18(17)24-20/h4-5,8-11,13,16H,3,6-7,12,14H2,1-2H3,(H,23,24)/t16-/m1/s1. The van der Waals surface area contributed by atoms with Gasteiger partial charge in [0.15, 0.2) is 0 Å². The molecule has 1 aliphatic rings. The van der Waals surface area contributed by atoms with E-state index in [4.69, 9.17) is 4.98 Å². The van der Waals surface area contributed by atoms with Crippen LogP contribution in [0.1, 0.15) is 41.9 Å². The van der Waals surface area contributed by atoms with Crippen LogP contribution in [0.2, 0.25) is 0 Å². The monoisotopic (exact) mass is 363 g/mol. The van der Waals surface area contributed by atoms with Crippen molar-refractivity contribution in [1.29, 1.82) is 0 Å². The fourth-order valence-corrected chi connectivity index (χ4v) is 3.64. The predicted molar refractivity (Wildman–Crippen MR) is 107 cm³/mol. The number of fused-ring (bicyclic) bond motifs is 1. The number of hydrogen-bond donors (Lipinski definition) is 1. The van der Waals surface area contributed by atoms with Gasteiger partial charge in [-0.3, -0.25) is 4.79 Å². The highest BCUT2D eigenvalue weighted by atomic mass is 16.2. The van der Waals surface area contributed by atoms with E-state index in [2.05, 4.69) is 20.9 Å². The number of aromatic amines is 1. The van der Waals surface area contributed by atoms with Crippen LogP contribution in [0.15, 0.2) is 42.6 Å². The van der Waals surface area contributed by atoms with Crippen LogP contribution in [-0.4, -0.2) is 52.4 Å². The van der Waals surface area contributed by atoms with Gasteiger partial charge in [0.05, 0.1) is 16.6 Å². The smallest absolute Gasteiger partial charge is 0.255 e. The number of pyridine rings is 1. The zero-order valence-electron chi connectivity index (χ0n) is 15.9. The molecule has 1 amide bonds. The topological polar surface area (TPSA) is 65.1 Å². The van der Waals surface area contributed by atoms with Crippen LogP contribution in [0.25, 0.3) is 11.0 Å². The number of carbonyl (C=O) groups excluding carboxylic acids is 1. The van der Waals surface area contributed by atoms with E-state index >= 15 is 0 Å². The minimum atomic E-state index is 0.00958. The highest BCUT2D eigenvalue weighted by Gasteiger charge is 2.25. The maximum Gasteiger partial charge on any atom is 0.255 e. The molecule has 0 bridgehead atoms. The van der Waals surface area contributed by atoms with E-state index in [1.54, 1.807) is 18.1 Å². The largest absolute Gasteiger partial charge is 0.356 e. The van der Waals surface area contributed by atoms with Crippen molar-refractivity contribution in [3.63, 3.8) is 0 Å². The molecule has 1 fully saturated rings. The van der Waals surface area contributed by atoms with Crippen LogP contribution >= 0.6 is 0 Å². The van der Waals surface area contributed by atoms with E-state index in [1.165, 1.54) is 0 Å². The summed E-state index contributed by atoms with van der Waals surface area (Å²) >= 11 is 0. The van der Waals surface area contributed by atoms with E-state index in [0.717, 1.165) is 48.6 Å². The molecule has 140 valence electrons. The minimum Gasteiger partial charge on any atom is -0.356 e. The average Bonchev–Trinajstić information content (AvgIpc) is 3.17. The summed E-state index contributed by atoms with van der Waals surface area (Å²) in [6.07, 6.45) is 3.91. The Morgan fingerprint density at radius 2 is 2.15 bits per heavy atom. The van der Waals surface area contributed by atoms with E-state index in [9.17, 15) is 4.79 Å². The van der Waals surface area contributed by atoms with Gasteiger partial charge in [0.2, 0.25) is 0 Å². The third kappa shape index (κ3) is 3.52. The summed E-state index contributed by atoms with van der Waals surface area (Å²) in [7, 11) is 1.80. The Balaban J connectivity index is 1.50.